The number of anilines is 1. The molecule has 8 heteroatoms. The molecule has 0 saturated heterocycles. The lowest BCUT2D eigenvalue weighted by Crippen LogP contribution is -2.15. The van der Waals surface area contributed by atoms with Crippen molar-refractivity contribution in [3.05, 3.63) is 71.2 Å². The Kier molecular flexibility index (Phi) is 5.99. The van der Waals surface area contributed by atoms with Gasteiger partial charge in [-0.3, -0.25) is 4.79 Å². The third-order valence-corrected chi connectivity index (χ3v) is 5.36. The van der Waals surface area contributed by atoms with Crippen molar-refractivity contribution >= 4 is 23.1 Å². The molecule has 158 valence electrons. The van der Waals surface area contributed by atoms with E-state index in [1.54, 1.807) is 36.1 Å². The van der Waals surface area contributed by atoms with Crippen LogP contribution in [0, 0.1) is 6.92 Å². The maximum absolute atomic E-state index is 12.7. The molecule has 2 heterocycles. The molecule has 1 amide bonds. The molecule has 0 saturated carbocycles. The number of ether oxygens (including phenoxy) is 2. The highest BCUT2D eigenvalue weighted by Gasteiger charge is 2.16. The van der Waals surface area contributed by atoms with Gasteiger partial charge in [0, 0.05) is 22.6 Å². The fraction of sp³-hybridized carbons (Fsp3) is 0.174. The highest BCUT2D eigenvalue weighted by molar-refractivity contribution is 7.12. The second-order valence-corrected chi connectivity index (χ2v) is 7.58. The quantitative estimate of drug-likeness (QED) is 0.445. The van der Waals surface area contributed by atoms with Crippen LogP contribution in [0.15, 0.2) is 60.0 Å². The van der Waals surface area contributed by atoms with E-state index in [2.05, 4.69) is 10.4 Å². The van der Waals surface area contributed by atoms with Crippen LogP contribution < -0.4 is 14.8 Å². The summed E-state index contributed by atoms with van der Waals surface area (Å²) in [5.74, 6) is 1.83. The number of aromatic nitrogens is 3. The van der Waals surface area contributed by atoms with Crippen LogP contribution in [-0.4, -0.2) is 34.4 Å². The van der Waals surface area contributed by atoms with Gasteiger partial charge >= 0.3 is 0 Å². The van der Waals surface area contributed by atoms with E-state index in [0.29, 0.717) is 23.1 Å². The molecular formula is C23H22N4O3S. The molecule has 0 bridgehead atoms. The zero-order chi connectivity index (χ0) is 21.8. The SMILES string of the molecule is CCOc1ccc(C(=O)Nc2cc(C)nn2-c2nc(-c3cccc(OC)c3)cs2)cc1. The van der Waals surface area contributed by atoms with Gasteiger partial charge in [-0.25, -0.2) is 4.98 Å². The van der Waals surface area contributed by atoms with Crippen LogP contribution in [0.4, 0.5) is 5.82 Å². The minimum Gasteiger partial charge on any atom is -0.497 e. The predicted molar refractivity (Wildman–Crippen MR) is 122 cm³/mol. The number of benzene rings is 2. The van der Waals surface area contributed by atoms with Crippen molar-refractivity contribution in [3.63, 3.8) is 0 Å². The minimum atomic E-state index is -0.228. The van der Waals surface area contributed by atoms with E-state index in [1.165, 1.54) is 11.3 Å². The lowest BCUT2D eigenvalue weighted by molar-refractivity contribution is 0.102. The number of hydrogen-bond donors (Lipinski definition) is 1. The molecule has 4 rings (SSSR count). The Morgan fingerprint density at radius 2 is 1.94 bits per heavy atom. The van der Waals surface area contributed by atoms with Crippen molar-refractivity contribution in [1.29, 1.82) is 0 Å². The lowest BCUT2D eigenvalue weighted by Gasteiger charge is -2.08. The zero-order valence-corrected chi connectivity index (χ0v) is 18.3. The topological polar surface area (TPSA) is 78.3 Å². The minimum absolute atomic E-state index is 0.228. The van der Waals surface area contributed by atoms with Crippen molar-refractivity contribution < 1.29 is 14.3 Å². The van der Waals surface area contributed by atoms with Gasteiger partial charge in [0.05, 0.1) is 25.1 Å². The van der Waals surface area contributed by atoms with Gasteiger partial charge in [0.2, 0.25) is 5.13 Å². The average Bonchev–Trinajstić information content (AvgIpc) is 3.41. The molecule has 0 unspecified atom stereocenters. The number of hydrogen-bond acceptors (Lipinski definition) is 6. The molecule has 0 radical (unpaired) electrons. The maximum Gasteiger partial charge on any atom is 0.256 e. The van der Waals surface area contributed by atoms with Gasteiger partial charge in [0.15, 0.2) is 0 Å². The predicted octanol–water partition coefficient (Wildman–Crippen LogP) is 4.96. The van der Waals surface area contributed by atoms with Crippen LogP contribution in [0.5, 0.6) is 11.5 Å². The van der Waals surface area contributed by atoms with Gasteiger partial charge < -0.3 is 14.8 Å². The average molecular weight is 435 g/mol. The molecule has 0 aliphatic rings. The first-order chi connectivity index (χ1) is 15.1. The van der Waals surface area contributed by atoms with Crippen LogP contribution in [0.3, 0.4) is 0 Å². The fourth-order valence-corrected chi connectivity index (χ4v) is 3.86. The second-order valence-electron chi connectivity index (χ2n) is 6.74. The number of amides is 1. The van der Waals surface area contributed by atoms with Crippen LogP contribution >= 0.6 is 11.3 Å². The van der Waals surface area contributed by atoms with E-state index in [1.807, 2.05) is 49.6 Å². The molecule has 0 aliphatic heterocycles. The molecule has 2 aromatic carbocycles. The number of aryl methyl sites for hydroxylation is 1. The van der Waals surface area contributed by atoms with E-state index >= 15 is 0 Å². The maximum atomic E-state index is 12.7. The molecule has 0 fully saturated rings. The van der Waals surface area contributed by atoms with Crippen LogP contribution in [-0.2, 0) is 0 Å². The summed E-state index contributed by atoms with van der Waals surface area (Å²) in [5, 5.41) is 10.1. The monoisotopic (exact) mass is 434 g/mol. The zero-order valence-electron chi connectivity index (χ0n) is 17.5. The Hall–Kier alpha value is -3.65. The Morgan fingerprint density at radius 3 is 2.68 bits per heavy atom. The van der Waals surface area contributed by atoms with Gasteiger partial charge in [-0.2, -0.15) is 9.78 Å². The first-order valence-corrected chi connectivity index (χ1v) is 10.7. The first-order valence-electron chi connectivity index (χ1n) is 9.78. The third kappa shape index (κ3) is 4.59. The molecule has 7 nitrogen and oxygen atoms in total. The number of rotatable bonds is 7. The van der Waals surface area contributed by atoms with Crippen LogP contribution in [0.25, 0.3) is 16.4 Å². The summed E-state index contributed by atoms with van der Waals surface area (Å²) in [6.45, 7) is 4.37. The molecule has 31 heavy (non-hydrogen) atoms. The summed E-state index contributed by atoms with van der Waals surface area (Å²) in [6, 6.07) is 16.6. The number of carbonyl (C=O) groups excluding carboxylic acids is 1. The Bertz CT molecular complexity index is 1200. The number of thiazole rings is 1. The summed E-state index contributed by atoms with van der Waals surface area (Å²) in [4.78, 5) is 17.5. The van der Waals surface area contributed by atoms with Gasteiger partial charge in [0.1, 0.15) is 17.3 Å². The van der Waals surface area contributed by atoms with Crippen LogP contribution in [0.1, 0.15) is 23.0 Å². The summed E-state index contributed by atoms with van der Waals surface area (Å²) in [5.41, 5.74) is 3.08. The molecule has 1 N–H and O–H groups in total. The molecule has 0 atom stereocenters. The highest BCUT2D eigenvalue weighted by atomic mass is 32.1. The van der Waals surface area contributed by atoms with Gasteiger partial charge in [-0.15, -0.1) is 11.3 Å². The number of methoxy groups -OCH3 is 1. The van der Waals surface area contributed by atoms with Crippen molar-refractivity contribution in [2.24, 2.45) is 0 Å². The largest absolute Gasteiger partial charge is 0.497 e. The van der Waals surface area contributed by atoms with Gasteiger partial charge in [-0.1, -0.05) is 12.1 Å². The van der Waals surface area contributed by atoms with Crippen molar-refractivity contribution in [2.45, 2.75) is 13.8 Å². The third-order valence-electron chi connectivity index (χ3n) is 4.54. The summed E-state index contributed by atoms with van der Waals surface area (Å²) in [7, 11) is 1.64. The highest BCUT2D eigenvalue weighted by Crippen LogP contribution is 2.28. The smallest absolute Gasteiger partial charge is 0.256 e. The Morgan fingerprint density at radius 1 is 1.13 bits per heavy atom. The Balaban J connectivity index is 1.57. The molecule has 4 aromatic rings. The molecular weight excluding hydrogens is 412 g/mol. The molecule has 0 aliphatic carbocycles. The van der Waals surface area contributed by atoms with E-state index in [0.717, 1.165) is 28.5 Å². The normalized spacial score (nSPS) is 10.7. The second kappa shape index (κ2) is 9.01. The number of nitrogens with one attached hydrogen (secondary N) is 1. The number of nitrogens with zero attached hydrogens (tertiary/aromatic N) is 3. The number of carbonyl (C=O) groups is 1. The Labute approximate surface area is 184 Å². The standard InChI is InChI=1S/C23H22N4O3S/c1-4-30-18-10-8-16(9-11-18)22(28)25-21-12-15(2)26-27(21)23-24-20(14-31-23)17-6-5-7-19(13-17)29-3/h5-14H,4H2,1-3H3,(H,25,28). The molecule has 2 aromatic heterocycles. The van der Waals surface area contributed by atoms with E-state index in [-0.39, 0.29) is 5.91 Å². The summed E-state index contributed by atoms with van der Waals surface area (Å²) in [6.07, 6.45) is 0. The van der Waals surface area contributed by atoms with E-state index in [9.17, 15) is 4.79 Å². The van der Waals surface area contributed by atoms with Gasteiger partial charge in [0.25, 0.3) is 5.91 Å². The summed E-state index contributed by atoms with van der Waals surface area (Å²) < 4.78 is 12.4. The van der Waals surface area contributed by atoms with Crippen molar-refractivity contribution in [2.75, 3.05) is 19.0 Å². The lowest BCUT2D eigenvalue weighted by atomic mass is 10.2. The van der Waals surface area contributed by atoms with Crippen molar-refractivity contribution in [1.82, 2.24) is 14.8 Å². The van der Waals surface area contributed by atoms with Crippen LogP contribution in [0.2, 0.25) is 0 Å². The van der Waals surface area contributed by atoms with E-state index < -0.39 is 0 Å². The van der Waals surface area contributed by atoms with E-state index in [4.69, 9.17) is 14.5 Å². The summed E-state index contributed by atoms with van der Waals surface area (Å²) >= 11 is 1.45. The van der Waals surface area contributed by atoms with Gasteiger partial charge in [-0.05, 0) is 50.2 Å². The molecule has 0 spiro atoms. The van der Waals surface area contributed by atoms with Crippen molar-refractivity contribution in [3.8, 4) is 27.9 Å². The fourth-order valence-electron chi connectivity index (χ4n) is 3.07. The first kappa shape index (κ1) is 20.6.